The number of phenols is 1. The highest BCUT2D eigenvalue weighted by atomic mass is 19.1. The van der Waals surface area contributed by atoms with Gasteiger partial charge < -0.3 is 15.6 Å². The number of ketones is 1. The number of halogens is 1. The maximum atomic E-state index is 12.8. The predicted molar refractivity (Wildman–Crippen MR) is 48.0 cm³/mol. The Morgan fingerprint density at radius 2 is 2.29 bits per heavy atom. The Morgan fingerprint density at radius 1 is 1.64 bits per heavy atom. The van der Waals surface area contributed by atoms with Crippen LogP contribution >= 0.6 is 0 Å². The second-order valence-electron chi connectivity index (χ2n) is 2.63. The normalized spacial score (nSPS) is 9.93. The van der Waals surface area contributed by atoms with Gasteiger partial charge in [0, 0.05) is 6.07 Å². The molecular formula is C9H10FNO3. The summed E-state index contributed by atoms with van der Waals surface area (Å²) in [7, 11) is 1.30. The molecular weight excluding hydrogens is 189 g/mol. The zero-order chi connectivity index (χ0) is 10.7. The summed E-state index contributed by atoms with van der Waals surface area (Å²) in [6.07, 6.45) is 0. The molecule has 0 saturated carbocycles. The maximum absolute atomic E-state index is 12.8. The van der Waals surface area contributed by atoms with Gasteiger partial charge >= 0.3 is 0 Å². The van der Waals surface area contributed by atoms with E-state index in [1.54, 1.807) is 0 Å². The van der Waals surface area contributed by atoms with E-state index < -0.39 is 17.3 Å². The summed E-state index contributed by atoms with van der Waals surface area (Å²) in [4.78, 5) is 11.2. The van der Waals surface area contributed by atoms with Gasteiger partial charge in [-0.1, -0.05) is 0 Å². The number of carbonyl (C=O) groups is 1. The zero-order valence-electron chi connectivity index (χ0n) is 7.58. The van der Waals surface area contributed by atoms with E-state index in [9.17, 15) is 9.18 Å². The lowest BCUT2D eigenvalue weighted by Crippen LogP contribution is -2.14. The Bertz CT molecular complexity index is 365. The van der Waals surface area contributed by atoms with E-state index in [-0.39, 0.29) is 17.9 Å². The van der Waals surface area contributed by atoms with Crippen molar-refractivity contribution in [1.29, 1.82) is 0 Å². The van der Waals surface area contributed by atoms with Crippen molar-refractivity contribution in [1.82, 2.24) is 0 Å². The predicted octanol–water partition coefficient (Wildman–Crippen LogP) is 0.681. The van der Waals surface area contributed by atoms with Gasteiger partial charge in [0.15, 0.2) is 17.3 Å². The fraction of sp³-hybridized carbons (Fsp3) is 0.222. The third-order valence-electron chi connectivity index (χ3n) is 1.75. The first-order valence-electron chi connectivity index (χ1n) is 3.90. The summed E-state index contributed by atoms with van der Waals surface area (Å²) in [5.41, 5.74) is 5.21. The molecule has 0 heterocycles. The lowest BCUT2D eigenvalue weighted by molar-refractivity contribution is 0.0998. The SMILES string of the molecule is COc1cc(F)c(O)cc1C(=O)CN. The average Bonchev–Trinajstić information content (AvgIpc) is 2.20. The van der Waals surface area contributed by atoms with Gasteiger partial charge in [-0.15, -0.1) is 0 Å². The van der Waals surface area contributed by atoms with E-state index in [1.807, 2.05) is 0 Å². The highest BCUT2D eigenvalue weighted by Crippen LogP contribution is 2.26. The van der Waals surface area contributed by atoms with Crippen molar-refractivity contribution in [3.63, 3.8) is 0 Å². The van der Waals surface area contributed by atoms with Gasteiger partial charge in [-0.2, -0.15) is 0 Å². The van der Waals surface area contributed by atoms with E-state index in [4.69, 9.17) is 15.6 Å². The first-order chi connectivity index (χ1) is 6.60. The summed E-state index contributed by atoms with van der Waals surface area (Å²) >= 11 is 0. The largest absolute Gasteiger partial charge is 0.505 e. The maximum Gasteiger partial charge on any atom is 0.180 e. The number of methoxy groups -OCH3 is 1. The van der Waals surface area contributed by atoms with Crippen LogP contribution in [0.1, 0.15) is 10.4 Å². The molecule has 1 aromatic rings. The van der Waals surface area contributed by atoms with E-state index in [0.29, 0.717) is 0 Å². The number of phenolic OH excluding ortho intramolecular Hbond substituents is 1. The summed E-state index contributed by atoms with van der Waals surface area (Å²) in [6, 6.07) is 1.95. The van der Waals surface area contributed by atoms with E-state index in [2.05, 4.69) is 0 Å². The number of carbonyl (C=O) groups excluding carboxylic acids is 1. The van der Waals surface area contributed by atoms with Crippen molar-refractivity contribution in [2.45, 2.75) is 0 Å². The second-order valence-corrected chi connectivity index (χ2v) is 2.63. The van der Waals surface area contributed by atoms with Crippen molar-refractivity contribution in [2.24, 2.45) is 5.73 Å². The minimum atomic E-state index is -0.838. The molecule has 0 bridgehead atoms. The number of rotatable bonds is 3. The Kier molecular flexibility index (Phi) is 3.03. The molecule has 0 aliphatic heterocycles. The molecule has 4 nitrogen and oxygen atoms in total. The molecule has 1 rings (SSSR count). The van der Waals surface area contributed by atoms with Crippen LogP contribution in [0, 0.1) is 5.82 Å². The highest BCUT2D eigenvalue weighted by Gasteiger charge is 2.14. The van der Waals surface area contributed by atoms with Crippen molar-refractivity contribution in [2.75, 3.05) is 13.7 Å². The molecule has 14 heavy (non-hydrogen) atoms. The van der Waals surface area contributed by atoms with Gasteiger partial charge in [0.2, 0.25) is 0 Å². The number of benzene rings is 1. The molecule has 0 radical (unpaired) electrons. The zero-order valence-corrected chi connectivity index (χ0v) is 7.58. The smallest absolute Gasteiger partial charge is 0.180 e. The van der Waals surface area contributed by atoms with Gasteiger partial charge in [0.05, 0.1) is 19.2 Å². The van der Waals surface area contributed by atoms with Crippen LogP contribution in [0.5, 0.6) is 11.5 Å². The van der Waals surface area contributed by atoms with Crippen LogP contribution in [0.4, 0.5) is 4.39 Å². The van der Waals surface area contributed by atoms with Gasteiger partial charge in [0.1, 0.15) is 5.75 Å². The number of aromatic hydroxyl groups is 1. The van der Waals surface area contributed by atoms with E-state index >= 15 is 0 Å². The van der Waals surface area contributed by atoms with Crippen LogP contribution in [-0.2, 0) is 0 Å². The fourth-order valence-corrected chi connectivity index (χ4v) is 1.04. The topological polar surface area (TPSA) is 72.5 Å². The Morgan fingerprint density at radius 3 is 2.79 bits per heavy atom. The number of hydrogen-bond acceptors (Lipinski definition) is 4. The van der Waals surface area contributed by atoms with Crippen LogP contribution in [0.15, 0.2) is 12.1 Å². The van der Waals surface area contributed by atoms with Crippen LogP contribution in [-0.4, -0.2) is 24.5 Å². The van der Waals surface area contributed by atoms with Crippen molar-refractivity contribution in [3.05, 3.63) is 23.5 Å². The molecule has 0 atom stereocenters. The fourth-order valence-electron chi connectivity index (χ4n) is 1.04. The molecule has 0 aromatic heterocycles. The van der Waals surface area contributed by atoms with Crippen LogP contribution < -0.4 is 10.5 Å². The van der Waals surface area contributed by atoms with Crippen LogP contribution in [0.2, 0.25) is 0 Å². The summed E-state index contributed by atoms with van der Waals surface area (Å²) in [5, 5.41) is 9.04. The minimum absolute atomic E-state index is 0.0655. The van der Waals surface area contributed by atoms with Crippen molar-refractivity contribution < 1.29 is 19.0 Å². The van der Waals surface area contributed by atoms with Crippen molar-refractivity contribution in [3.8, 4) is 11.5 Å². The molecule has 76 valence electrons. The standard InChI is InChI=1S/C9H10FNO3/c1-14-9-3-6(10)7(12)2-5(9)8(13)4-11/h2-3,12H,4,11H2,1H3. The molecule has 0 saturated heterocycles. The summed E-state index contributed by atoms with van der Waals surface area (Å²) in [6.45, 7) is -0.221. The third-order valence-corrected chi connectivity index (χ3v) is 1.75. The molecule has 3 N–H and O–H groups in total. The summed E-state index contributed by atoms with van der Waals surface area (Å²) < 4.78 is 17.6. The number of nitrogens with two attached hydrogens (primary N) is 1. The Labute approximate surface area is 80.1 Å². The lowest BCUT2D eigenvalue weighted by Gasteiger charge is -2.07. The molecule has 5 heteroatoms. The van der Waals surface area contributed by atoms with Crippen LogP contribution in [0.25, 0.3) is 0 Å². The quantitative estimate of drug-likeness (QED) is 0.702. The molecule has 0 spiro atoms. The minimum Gasteiger partial charge on any atom is -0.505 e. The first-order valence-corrected chi connectivity index (χ1v) is 3.90. The molecule has 0 aliphatic carbocycles. The third kappa shape index (κ3) is 1.82. The van der Waals surface area contributed by atoms with Crippen molar-refractivity contribution >= 4 is 5.78 Å². The van der Waals surface area contributed by atoms with Gasteiger partial charge in [0.25, 0.3) is 0 Å². The Hall–Kier alpha value is -1.62. The van der Waals surface area contributed by atoms with Gasteiger partial charge in [-0.3, -0.25) is 4.79 Å². The molecule has 0 fully saturated rings. The monoisotopic (exact) mass is 199 g/mol. The van der Waals surface area contributed by atoms with Crippen LogP contribution in [0.3, 0.4) is 0 Å². The summed E-state index contributed by atoms with van der Waals surface area (Å²) in [5.74, 6) is -1.79. The Balaban J connectivity index is 3.27. The lowest BCUT2D eigenvalue weighted by atomic mass is 10.1. The van der Waals surface area contributed by atoms with Gasteiger partial charge in [-0.25, -0.2) is 4.39 Å². The molecule has 0 amide bonds. The molecule has 0 unspecified atom stereocenters. The first kappa shape index (κ1) is 10.5. The molecule has 1 aromatic carbocycles. The highest BCUT2D eigenvalue weighted by molar-refractivity contribution is 6.00. The number of ether oxygens (including phenoxy) is 1. The molecule has 0 aliphatic rings. The number of hydrogen-bond donors (Lipinski definition) is 2. The van der Waals surface area contributed by atoms with Gasteiger partial charge in [-0.05, 0) is 6.07 Å². The average molecular weight is 199 g/mol. The van der Waals surface area contributed by atoms with E-state index in [0.717, 1.165) is 12.1 Å². The second kappa shape index (κ2) is 4.06. The van der Waals surface area contributed by atoms with E-state index in [1.165, 1.54) is 7.11 Å². The number of Topliss-reactive ketones (excluding diaryl/α,β-unsaturated/α-hetero) is 1.